The SMILES string of the molecule is Cc1ccc(N(c2cc(C(C)C)c3ccc4c(N(c5ccc(C)cc5)c5cccc6c5oc5ccccc56)cc(C(C)CCC(C)c5cc(N(c6ccc(C(C)C)cc6)c6cccc7c6oc6ccccc67)c6ccc7c(C(C)C)cc(N(c8ccc(C(C)C)cc8)c8cccc9c8oc8ccccc89)c8ccc5c6c78)c5ccc2c3c54)c2cccc3c2oc2ccccc23)cc1. The largest absolute Gasteiger partial charge is 0.454 e. The minimum absolute atomic E-state index is 0.0164. The molecule has 642 valence electrons. The summed E-state index contributed by atoms with van der Waals surface area (Å²) in [6.45, 7) is 28.0. The summed E-state index contributed by atoms with van der Waals surface area (Å²) >= 11 is 0. The third kappa shape index (κ3) is 12.7. The van der Waals surface area contributed by atoms with Crippen LogP contribution in [0.25, 0.3) is 152 Å². The van der Waals surface area contributed by atoms with E-state index in [-0.39, 0.29) is 23.7 Å². The van der Waals surface area contributed by atoms with Gasteiger partial charge in [-0.05, 0) is 260 Å². The summed E-state index contributed by atoms with van der Waals surface area (Å²) in [7, 11) is 0. The summed E-state index contributed by atoms with van der Waals surface area (Å²) in [6.07, 6.45) is 1.71. The monoisotopic (exact) mass is 1710 g/mol. The van der Waals surface area contributed by atoms with Crippen LogP contribution in [0.2, 0.25) is 0 Å². The van der Waals surface area contributed by atoms with Gasteiger partial charge in [0.25, 0.3) is 0 Å². The Morgan fingerprint density at radius 2 is 0.424 bits per heavy atom. The van der Waals surface area contributed by atoms with E-state index in [2.05, 4.69) is 442 Å². The van der Waals surface area contributed by atoms with Crippen LogP contribution >= 0.6 is 0 Å². The van der Waals surface area contributed by atoms with Crippen molar-refractivity contribution in [3.05, 3.63) is 384 Å². The maximum atomic E-state index is 7.22. The average Bonchev–Trinajstić information content (AvgIpc) is 0.789. The number of para-hydroxylation sites is 8. The fraction of sp³-hybridized carbons (Fsp3) is 0.161. The number of anilines is 12. The zero-order chi connectivity index (χ0) is 89.3. The fourth-order valence-corrected chi connectivity index (χ4v) is 22.0. The first-order valence-corrected chi connectivity index (χ1v) is 47.2. The number of benzene rings is 20. The molecular weight excluding hydrogens is 1610 g/mol. The lowest BCUT2D eigenvalue weighted by atomic mass is 9.80. The van der Waals surface area contributed by atoms with E-state index in [0.717, 1.165) is 190 Å². The van der Waals surface area contributed by atoms with E-state index in [1.54, 1.807) is 0 Å². The molecule has 4 aromatic heterocycles. The minimum atomic E-state index is 0.0164. The van der Waals surface area contributed by atoms with Crippen molar-refractivity contribution in [2.24, 2.45) is 0 Å². The first-order chi connectivity index (χ1) is 64.4. The third-order valence-corrected chi connectivity index (χ3v) is 28.9. The quantitative estimate of drug-likeness (QED) is 0.0660. The predicted molar refractivity (Wildman–Crippen MR) is 560 cm³/mol. The standard InChI is InChI=1S/C124H102N4O4/c1-71(2)79-47-55-83(56-48-79)127(107-35-23-31-95-87-27-15-19-39-115(87)131-123(95)107)110-68-102(74(7)8)90-60-64-100-112(128(84-57-49-80(50-58-84)72(3)4)108-36-24-32-96-88-28-16-20-40-116(88)132-124(96)108)70-104(92-62-66-98(110)118(90)120(92)100)78(12)46-45-77(11)103-69-111(126(82-53-43-76(10)44-54-82)106-34-22-30-94-86-26-14-18-38-114(86)130-122(94)106)99-63-59-89-101(73(5)6)67-109(97-65-61-91(103)119(99)117(89)97)125(81-51-41-75(9)42-52-81)105-33-21-29-93-85-25-13-17-37-113(85)129-121(93)105/h13-44,47-74,77-78H,45-46H2,1-12H3. The molecular formula is C124H102N4O4. The number of fused-ring (bicyclic) bond motifs is 12. The van der Waals surface area contributed by atoms with Crippen LogP contribution in [-0.2, 0) is 0 Å². The van der Waals surface area contributed by atoms with Gasteiger partial charge < -0.3 is 37.3 Å². The lowest BCUT2D eigenvalue weighted by Gasteiger charge is -2.32. The zero-order valence-corrected chi connectivity index (χ0v) is 76.6. The number of nitrogens with zero attached hydrogens (tertiary/aromatic N) is 4. The van der Waals surface area contributed by atoms with E-state index in [1.807, 2.05) is 0 Å². The minimum Gasteiger partial charge on any atom is -0.454 e. The molecule has 2 unspecified atom stereocenters. The van der Waals surface area contributed by atoms with Crippen LogP contribution in [0.3, 0.4) is 0 Å². The molecule has 0 bridgehead atoms. The molecule has 0 aliphatic carbocycles. The number of rotatable bonds is 21. The normalized spacial score (nSPS) is 12.8. The molecule has 20 aromatic carbocycles. The second-order valence-electron chi connectivity index (χ2n) is 38.3. The molecule has 0 spiro atoms. The second kappa shape index (κ2) is 31.3. The van der Waals surface area contributed by atoms with Crippen molar-refractivity contribution in [2.75, 3.05) is 19.6 Å². The Kier molecular flexibility index (Phi) is 19.0. The van der Waals surface area contributed by atoms with Gasteiger partial charge in [-0.2, -0.15) is 0 Å². The van der Waals surface area contributed by atoms with Crippen molar-refractivity contribution in [3.8, 4) is 0 Å². The van der Waals surface area contributed by atoms with Crippen molar-refractivity contribution in [2.45, 2.75) is 131 Å². The topological polar surface area (TPSA) is 65.5 Å². The van der Waals surface area contributed by atoms with Gasteiger partial charge in [0.1, 0.15) is 22.3 Å². The molecule has 8 nitrogen and oxygen atoms in total. The summed E-state index contributed by atoms with van der Waals surface area (Å²) in [6, 6.07) is 127. The summed E-state index contributed by atoms with van der Waals surface area (Å²) in [5.41, 5.74) is 29.3. The van der Waals surface area contributed by atoms with E-state index >= 15 is 0 Å². The van der Waals surface area contributed by atoms with Crippen LogP contribution in [0.1, 0.15) is 162 Å². The van der Waals surface area contributed by atoms with Gasteiger partial charge in [-0.1, -0.05) is 299 Å². The van der Waals surface area contributed by atoms with Crippen LogP contribution in [0.4, 0.5) is 68.2 Å². The van der Waals surface area contributed by atoms with Gasteiger partial charge in [-0.3, -0.25) is 0 Å². The third-order valence-electron chi connectivity index (χ3n) is 28.9. The van der Waals surface area contributed by atoms with Gasteiger partial charge >= 0.3 is 0 Å². The molecule has 0 N–H and O–H groups in total. The molecule has 4 heterocycles. The Bertz CT molecular complexity index is 8680. The van der Waals surface area contributed by atoms with Crippen LogP contribution in [-0.4, -0.2) is 0 Å². The predicted octanol–water partition coefficient (Wildman–Crippen LogP) is 37.8. The highest BCUT2D eigenvalue weighted by atomic mass is 16.3. The molecule has 0 aliphatic heterocycles. The van der Waals surface area contributed by atoms with Gasteiger partial charge in [0.2, 0.25) is 0 Å². The van der Waals surface area contributed by atoms with E-state index in [9.17, 15) is 0 Å². The molecule has 8 heteroatoms. The molecule has 0 saturated heterocycles. The van der Waals surface area contributed by atoms with Crippen molar-refractivity contribution in [1.82, 2.24) is 0 Å². The van der Waals surface area contributed by atoms with Crippen LogP contribution in [0.5, 0.6) is 0 Å². The van der Waals surface area contributed by atoms with Gasteiger partial charge in [-0.15, -0.1) is 0 Å². The highest BCUT2D eigenvalue weighted by Gasteiger charge is 2.34. The Balaban J connectivity index is 0.747. The summed E-state index contributed by atoms with van der Waals surface area (Å²) in [4.78, 5) is 10.0. The Hall–Kier alpha value is -15.1. The number of hydrogen-bond acceptors (Lipinski definition) is 8. The lowest BCUT2D eigenvalue weighted by molar-refractivity contribution is 0.578. The molecule has 24 rings (SSSR count). The van der Waals surface area contributed by atoms with E-state index in [1.165, 1.54) is 87.6 Å². The van der Waals surface area contributed by atoms with Crippen LogP contribution < -0.4 is 19.6 Å². The maximum Gasteiger partial charge on any atom is 0.159 e. The molecule has 0 radical (unpaired) electrons. The van der Waals surface area contributed by atoms with Gasteiger partial charge in [-0.25, -0.2) is 0 Å². The van der Waals surface area contributed by atoms with Crippen molar-refractivity contribution in [1.29, 1.82) is 0 Å². The highest BCUT2D eigenvalue weighted by Crippen LogP contribution is 2.58. The lowest BCUT2D eigenvalue weighted by Crippen LogP contribution is -2.14. The van der Waals surface area contributed by atoms with E-state index < -0.39 is 0 Å². The molecule has 24 aromatic rings. The van der Waals surface area contributed by atoms with Crippen molar-refractivity contribution >= 4 is 221 Å². The van der Waals surface area contributed by atoms with Crippen molar-refractivity contribution < 1.29 is 17.7 Å². The molecule has 0 saturated carbocycles. The Morgan fingerprint density at radius 3 is 0.682 bits per heavy atom. The molecule has 2 atom stereocenters. The summed E-state index contributed by atoms with van der Waals surface area (Å²) in [5, 5.41) is 23.2. The fourth-order valence-electron chi connectivity index (χ4n) is 22.0. The van der Waals surface area contributed by atoms with Crippen LogP contribution in [0, 0.1) is 13.8 Å². The van der Waals surface area contributed by atoms with E-state index in [0.29, 0.717) is 11.8 Å². The first kappa shape index (κ1) is 80.2. The summed E-state index contributed by atoms with van der Waals surface area (Å²) in [5.74, 6) is 0.992. The Morgan fingerprint density at radius 1 is 0.197 bits per heavy atom. The van der Waals surface area contributed by atoms with Gasteiger partial charge in [0.15, 0.2) is 22.3 Å². The molecule has 0 aliphatic rings. The first-order valence-electron chi connectivity index (χ1n) is 47.2. The van der Waals surface area contributed by atoms with Gasteiger partial charge in [0.05, 0.1) is 45.5 Å². The molecule has 0 fully saturated rings. The Labute approximate surface area is 768 Å². The number of hydrogen-bond donors (Lipinski definition) is 0. The zero-order valence-electron chi connectivity index (χ0n) is 76.6. The highest BCUT2D eigenvalue weighted by molar-refractivity contribution is 6.32. The smallest absolute Gasteiger partial charge is 0.159 e. The number of aryl methyl sites for hydroxylation is 2. The van der Waals surface area contributed by atoms with Crippen LogP contribution in [0.15, 0.2) is 357 Å². The second-order valence-corrected chi connectivity index (χ2v) is 38.3. The summed E-state index contributed by atoms with van der Waals surface area (Å²) < 4.78 is 28.6. The molecule has 0 amide bonds. The number of furan rings is 4. The average molecular weight is 1710 g/mol. The van der Waals surface area contributed by atoms with Gasteiger partial charge in [0, 0.05) is 87.4 Å². The van der Waals surface area contributed by atoms with Crippen molar-refractivity contribution in [3.63, 3.8) is 0 Å². The van der Waals surface area contributed by atoms with E-state index in [4.69, 9.17) is 17.7 Å². The molecule has 132 heavy (non-hydrogen) atoms. The maximum absolute atomic E-state index is 7.22.